The molecule has 1 atom stereocenters. The quantitative estimate of drug-likeness (QED) is 0.498. The van der Waals surface area contributed by atoms with Crippen molar-refractivity contribution in [1.82, 2.24) is 15.0 Å². The lowest BCUT2D eigenvalue weighted by Gasteiger charge is -2.23. The van der Waals surface area contributed by atoms with E-state index in [9.17, 15) is 14.9 Å². The molecule has 0 aliphatic carbocycles. The number of aromatic nitrogens is 2. The van der Waals surface area contributed by atoms with E-state index in [0.717, 1.165) is 16.6 Å². The molecule has 0 spiro atoms. The van der Waals surface area contributed by atoms with Crippen LogP contribution in [0.5, 0.6) is 0 Å². The molecule has 3 aromatic rings. The number of hydrogen-bond acceptors (Lipinski definition) is 6. The molecule has 4 rings (SSSR count). The van der Waals surface area contributed by atoms with Crippen molar-refractivity contribution in [2.24, 2.45) is 11.0 Å². The molecule has 146 valence electrons. The van der Waals surface area contributed by atoms with E-state index < -0.39 is 4.92 Å². The maximum atomic E-state index is 12.8. The highest BCUT2D eigenvalue weighted by Crippen LogP contribution is 2.35. The number of nitro groups is 1. The van der Waals surface area contributed by atoms with Gasteiger partial charge in [0.2, 0.25) is 5.91 Å². The molecule has 0 saturated carbocycles. The number of benzene rings is 2. The predicted molar refractivity (Wildman–Crippen MR) is 108 cm³/mol. The minimum atomic E-state index is -0.435. The topological polar surface area (TPSA) is 102 Å². The summed E-state index contributed by atoms with van der Waals surface area (Å²) in [6.07, 6.45) is 3.73. The minimum Gasteiger partial charge on any atom is -0.273 e. The van der Waals surface area contributed by atoms with E-state index in [1.807, 2.05) is 32.0 Å². The Balaban J connectivity index is 1.74. The summed E-state index contributed by atoms with van der Waals surface area (Å²) in [6, 6.07) is 11.8. The number of non-ortho nitro benzene ring substituents is 1. The summed E-state index contributed by atoms with van der Waals surface area (Å²) in [6.45, 7) is 3.65. The number of rotatable bonds is 4. The van der Waals surface area contributed by atoms with Crippen LogP contribution in [0.25, 0.3) is 11.0 Å². The van der Waals surface area contributed by atoms with Crippen molar-refractivity contribution >= 4 is 28.3 Å². The van der Waals surface area contributed by atoms with Gasteiger partial charge in [-0.05, 0) is 17.7 Å². The lowest BCUT2D eigenvalue weighted by atomic mass is 9.97. The summed E-state index contributed by atoms with van der Waals surface area (Å²) in [5.41, 5.74) is 3.70. The predicted octanol–water partition coefficient (Wildman–Crippen LogP) is 3.87. The monoisotopic (exact) mass is 389 g/mol. The Hall–Kier alpha value is -3.68. The Kier molecular flexibility index (Phi) is 4.75. The van der Waals surface area contributed by atoms with Gasteiger partial charge >= 0.3 is 0 Å². The van der Waals surface area contributed by atoms with Crippen LogP contribution < -0.4 is 0 Å². The van der Waals surface area contributed by atoms with Crippen LogP contribution in [-0.2, 0) is 4.79 Å². The van der Waals surface area contributed by atoms with Gasteiger partial charge in [0.1, 0.15) is 0 Å². The van der Waals surface area contributed by atoms with Crippen molar-refractivity contribution in [3.8, 4) is 0 Å². The van der Waals surface area contributed by atoms with E-state index >= 15 is 0 Å². The number of nitrogens with zero attached hydrogens (tertiary/aromatic N) is 5. The number of nitro benzene ring substituents is 1. The van der Waals surface area contributed by atoms with Gasteiger partial charge in [-0.3, -0.25) is 24.9 Å². The van der Waals surface area contributed by atoms with E-state index in [1.165, 1.54) is 17.1 Å². The number of hydrogen-bond donors (Lipinski definition) is 0. The zero-order valence-electron chi connectivity index (χ0n) is 16.0. The Morgan fingerprint density at radius 1 is 1.14 bits per heavy atom. The summed E-state index contributed by atoms with van der Waals surface area (Å²) >= 11 is 0. The van der Waals surface area contributed by atoms with Gasteiger partial charge in [0.25, 0.3) is 5.69 Å². The SMILES string of the molecule is CC(C)C(=O)N1N=C(c2cccc([N+](=O)[O-])c2)C[C@H]1c1ccc2nccnc2c1. The summed E-state index contributed by atoms with van der Waals surface area (Å²) in [7, 11) is 0. The van der Waals surface area contributed by atoms with Crippen LogP contribution in [0.2, 0.25) is 0 Å². The second-order valence-corrected chi connectivity index (χ2v) is 7.22. The summed E-state index contributed by atoms with van der Waals surface area (Å²) in [5, 5.41) is 17.2. The molecule has 0 bridgehead atoms. The van der Waals surface area contributed by atoms with Crippen molar-refractivity contribution < 1.29 is 9.72 Å². The molecule has 1 aliphatic heterocycles. The fraction of sp³-hybridized carbons (Fsp3) is 0.238. The third kappa shape index (κ3) is 3.56. The van der Waals surface area contributed by atoms with Gasteiger partial charge in [-0.2, -0.15) is 5.10 Å². The lowest BCUT2D eigenvalue weighted by molar-refractivity contribution is -0.384. The van der Waals surface area contributed by atoms with Crippen LogP contribution in [0, 0.1) is 16.0 Å². The average molecular weight is 389 g/mol. The zero-order valence-corrected chi connectivity index (χ0v) is 16.0. The molecule has 1 aromatic heterocycles. The summed E-state index contributed by atoms with van der Waals surface area (Å²) in [4.78, 5) is 32.2. The van der Waals surface area contributed by atoms with Gasteiger partial charge in [-0.25, -0.2) is 5.01 Å². The maximum absolute atomic E-state index is 12.8. The van der Waals surface area contributed by atoms with Gasteiger partial charge in [-0.1, -0.05) is 32.0 Å². The Morgan fingerprint density at radius 3 is 2.62 bits per heavy atom. The molecule has 1 aliphatic rings. The van der Waals surface area contributed by atoms with E-state index in [2.05, 4.69) is 15.1 Å². The molecule has 0 saturated heterocycles. The van der Waals surface area contributed by atoms with Crippen molar-refractivity contribution in [3.05, 3.63) is 76.1 Å². The normalized spacial score (nSPS) is 16.3. The fourth-order valence-corrected chi connectivity index (χ4v) is 3.40. The molecule has 0 fully saturated rings. The number of fused-ring (bicyclic) bond motifs is 1. The highest BCUT2D eigenvalue weighted by Gasteiger charge is 2.34. The highest BCUT2D eigenvalue weighted by molar-refractivity contribution is 6.03. The molecule has 0 unspecified atom stereocenters. The van der Waals surface area contributed by atoms with E-state index in [0.29, 0.717) is 17.7 Å². The van der Waals surface area contributed by atoms with E-state index in [4.69, 9.17) is 0 Å². The average Bonchev–Trinajstić information content (AvgIpc) is 3.18. The first kappa shape index (κ1) is 18.7. The van der Waals surface area contributed by atoms with Crippen LogP contribution in [-0.4, -0.2) is 31.5 Å². The standard InChI is InChI=1S/C21H19N5O3/c1-13(2)21(27)25-20(15-6-7-17-19(11-15)23-9-8-22-17)12-18(24-25)14-4-3-5-16(10-14)26(28)29/h3-11,13,20H,12H2,1-2H3/t20-/m0/s1. The highest BCUT2D eigenvalue weighted by atomic mass is 16.6. The first-order chi connectivity index (χ1) is 13.9. The fourth-order valence-electron chi connectivity index (χ4n) is 3.40. The van der Waals surface area contributed by atoms with Crippen LogP contribution >= 0.6 is 0 Å². The van der Waals surface area contributed by atoms with Crippen molar-refractivity contribution in [3.63, 3.8) is 0 Å². The Bertz CT molecular complexity index is 1140. The molecule has 8 heteroatoms. The molecular weight excluding hydrogens is 370 g/mol. The molecule has 8 nitrogen and oxygen atoms in total. The lowest BCUT2D eigenvalue weighted by Crippen LogP contribution is -2.30. The number of carbonyl (C=O) groups excluding carboxylic acids is 1. The smallest absolute Gasteiger partial charge is 0.270 e. The van der Waals surface area contributed by atoms with E-state index in [-0.39, 0.29) is 23.6 Å². The van der Waals surface area contributed by atoms with Gasteiger partial charge < -0.3 is 0 Å². The number of hydrazone groups is 1. The second-order valence-electron chi connectivity index (χ2n) is 7.22. The van der Waals surface area contributed by atoms with E-state index in [1.54, 1.807) is 24.5 Å². The third-order valence-electron chi connectivity index (χ3n) is 4.90. The first-order valence-electron chi connectivity index (χ1n) is 9.30. The second kappa shape index (κ2) is 7.38. The van der Waals surface area contributed by atoms with Crippen LogP contribution in [0.4, 0.5) is 5.69 Å². The Morgan fingerprint density at radius 2 is 1.90 bits per heavy atom. The molecule has 29 heavy (non-hydrogen) atoms. The van der Waals surface area contributed by atoms with Gasteiger partial charge in [-0.15, -0.1) is 0 Å². The molecule has 1 amide bonds. The van der Waals surface area contributed by atoms with Crippen molar-refractivity contribution in [1.29, 1.82) is 0 Å². The molecular formula is C21H19N5O3. The molecule has 2 aromatic carbocycles. The van der Waals surface area contributed by atoms with Crippen LogP contribution in [0.15, 0.2) is 60.0 Å². The number of amides is 1. The van der Waals surface area contributed by atoms with Crippen molar-refractivity contribution in [2.45, 2.75) is 26.3 Å². The van der Waals surface area contributed by atoms with Crippen LogP contribution in [0.3, 0.4) is 0 Å². The zero-order chi connectivity index (χ0) is 20.5. The third-order valence-corrected chi connectivity index (χ3v) is 4.90. The van der Waals surface area contributed by atoms with Gasteiger partial charge in [0.05, 0.1) is 27.7 Å². The van der Waals surface area contributed by atoms with Crippen LogP contribution in [0.1, 0.15) is 37.4 Å². The largest absolute Gasteiger partial charge is 0.273 e. The minimum absolute atomic E-state index is 0.00337. The summed E-state index contributed by atoms with van der Waals surface area (Å²) < 4.78 is 0. The Labute approximate surface area is 167 Å². The maximum Gasteiger partial charge on any atom is 0.270 e. The van der Waals surface area contributed by atoms with Crippen molar-refractivity contribution in [2.75, 3.05) is 0 Å². The van der Waals surface area contributed by atoms with Gasteiger partial charge in [0, 0.05) is 42.4 Å². The first-order valence-corrected chi connectivity index (χ1v) is 9.30. The molecule has 0 N–H and O–H groups in total. The number of carbonyl (C=O) groups is 1. The summed E-state index contributed by atoms with van der Waals surface area (Å²) in [5.74, 6) is -0.333. The molecule has 2 heterocycles. The molecule has 0 radical (unpaired) electrons. The van der Waals surface area contributed by atoms with Gasteiger partial charge in [0.15, 0.2) is 0 Å².